The number of amides is 1. The fraction of sp³-hybridized carbons (Fsp3) is 0.263. The molecule has 0 bridgehead atoms. The number of ether oxygens (including phenoxy) is 3. The highest BCUT2D eigenvalue weighted by Gasteiger charge is 2.20. The van der Waals surface area contributed by atoms with Crippen molar-refractivity contribution in [1.82, 2.24) is 5.43 Å². The van der Waals surface area contributed by atoms with Crippen LogP contribution in [0.5, 0.6) is 17.2 Å². The Morgan fingerprint density at radius 2 is 1.67 bits per heavy atom. The summed E-state index contributed by atoms with van der Waals surface area (Å²) in [6.45, 7) is -0.451. The molecule has 0 atom stereocenters. The minimum Gasteiger partial charge on any atom is -0.493 e. The Bertz CT molecular complexity index is 1000. The molecule has 9 nitrogen and oxygen atoms in total. The molecule has 0 spiro atoms. The zero-order valence-corrected chi connectivity index (χ0v) is 18.5. The minimum absolute atomic E-state index is 0.311. The zero-order chi connectivity index (χ0) is 22.3. The summed E-state index contributed by atoms with van der Waals surface area (Å²) in [5.41, 5.74) is 3.19. The average Bonchev–Trinajstić information content (AvgIpc) is 2.71. The number of nitrogens with zero attached hydrogens (tertiary/aromatic N) is 2. The molecule has 0 saturated carbocycles. The number of benzene rings is 2. The first kappa shape index (κ1) is 23.3. The molecule has 0 aromatic heterocycles. The number of carbonyl (C=O) groups excluding carboxylic acids is 1. The molecule has 2 aromatic rings. The van der Waals surface area contributed by atoms with Crippen molar-refractivity contribution in [2.75, 3.05) is 38.4 Å². The lowest BCUT2D eigenvalue weighted by atomic mass is 10.2. The number of methoxy groups -OCH3 is 3. The molecule has 0 aliphatic carbocycles. The Kier molecular flexibility index (Phi) is 7.90. The summed E-state index contributed by atoms with van der Waals surface area (Å²) in [6, 6.07) is 9.39. The lowest BCUT2D eigenvalue weighted by Crippen LogP contribution is -2.38. The van der Waals surface area contributed by atoms with Crippen LogP contribution in [0.15, 0.2) is 41.5 Å². The van der Waals surface area contributed by atoms with Gasteiger partial charge in [-0.25, -0.2) is 13.8 Å². The first-order chi connectivity index (χ1) is 14.2. The van der Waals surface area contributed by atoms with Gasteiger partial charge in [0.05, 0.1) is 39.5 Å². The molecule has 162 valence electrons. The van der Waals surface area contributed by atoms with Gasteiger partial charge in [-0.1, -0.05) is 11.6 Å². The molecule has 1 amide bonds. The maximum absolute atomic E-state index is 12.3. The maximum Gasteiger partial charge on any atom is 0.260 e. The van der Waals surface area contributed by atoms with E-state index >= 15 is 0 Å². The van der Waals surface area contributed by atoms with Crippen molar-refractivity contribution >= 4 is 39.4 Å². The normalized spacial score (nSPS) is 11.2. The van der Waals surface area contributed by atoms with Crippen LogP contribution >= 0.6 is 11.6 Å². The summed E-state index contributed by atoms with van der Waals surface area (Å²) in [5.74, 6) is 0.651. The number of rotatable bonds is 9. The number of hydrogen-bond donors (Lipinski definition) is 1. The van der Waals surface area contributed by atoms with Gasteiger partial charge in [0.25, 0.3) is 5.91 Å². The predicted molar refractivity (Wildman–Crippen MR) is 115 cm³/mol. The van der Waals surface area contributed by atoms with E-state index in [1.165, 1.54) is 51.8 Å². The Morgan fingerprint density at radius 1 is 1.10 bits per heavy atom. The molecule has 0 heterocycles. The third kappa shape index (κ3) is 6.01. The van der Waals surface area contributed by atoms with Gasteiger partial charge in [-0.2, -0.15) is 5.10 Å². The Morgan fingerprint density at radius 3 is 2.13 bits per heavy atom. The summed E-state index contributed by atoms with van der Waals surface area (Å²) in [4.78, 5) is 12.3. The standard InChI is InChI=1S/C19H22ClN3O6S/c1-27-16-9-13(10-17(28-2)19(16)29-3)11-21-22-18(24)12-23(30(4,25)26)15-7-5-14(20)6-8-15/h5-11H,12H2,1-4H3,(H,22,24)/b21-11-. The number of carbonyl (C=O) groups is 1. The number of sulfonamides is 1. The van der Waals surface area contributed by atoms with Gasteiger partial charge in [0.15, 0.2) is 11.5 Å². The minimum atomic E-state index is -3.70. The second-order valence-corrected chi connectivity index (χ2v) is 8.34. The number of halogens is 1. The molecule has 0 unspecified atom stereocenters. The Balaban J connectivity index is 2.14. The molecule has 0 radical (unpaired) electrons. The SMILES string of the molecule is COc1cc(/C=N\NC(=O)CN(c2ccc(Cl)cc2)S(C)(=O)=O)cc(OC)c1OC. The van der Waals surface area contributed by atoms with E-state index in [9.17, 15) is 13.2 Å². The van der Waals surface area contributed by atoms with Gasteiger partial charge < -0.3 is 14.2 Å². The molecule has 11 heteroatoms. The smallest absolute Gasteiger partial charge is 0.260 e. The third-order valence-corrected chi connectivity index (χ3v) is 5.28. The lowest BCUT2D eigenvalue weighted by Gasteiger charge is -2.21. The second kappa shape index (κ2) is 10.2. The molecule has 2 aromatic carbocycles. The second-order valence-electron chi connectivity index (χ2n) is 6.00. The first-order valence-electron chi connectivity index (χ1n) is 8.54. The molecule has 1 N–H and O–H groups in total. The molecule has 0 aliphatic heterocycles. The largest absolute Gasteiger partial charge is 0.493 e. The van der Waals surface area contributed by atoms with Crippen molar-refractivity contribution in [2.45, 2.75) is 0 Å². The lowest BCUT2D eigenvalue weighted by molar-refractivity contribution is -0.119. The van der Waals surface area contributed by atoms with Crippen molar-refractivity contribution in [1.29, 1.82) is 0 Å². The van der Waals surface area contributed by atoms with Gasteiger partial charge in [-0.3, -0.25) is 9.10 Å². The van der Waals surface area contributed by atoms with Crippen LogP contribution in [0.2, 0.25) is 5.02 Å². The predicted octanol–water partition coefficient (Wildman–Crippen LogP) is 2.28. The van der Waals surface area contributed by atoms with Gasteiger partial charge in [0, 0.05) is 10.6 Å². The average molecular weight is 456 g/mol. The Hall–Kier alpha value is -2.98. The van der Waals surface area contributed by atoms with E-state index in [2.05, 4.69) is 10.5 Å². The van der Waals surface area contributed by atoms with Crippen LogP contribution in [0.1, 0.15) is 5.56 Å². The maximum atomic E-state index is 12.3. The van der Waals surface area contributed by atoms with Crippen LogP contribution in [0.4, 0.5) is 5.69 Å². The van der Waals surface area contributed by atoms with Crippen molar-refractivity contribution in [2.24, 2.45) is 5.10 Å². The van der Waals surface area contributed by atoms with Crippen LogP contribution < -0.4 is 23.9 Å². The van der Waals surface area contributed by atoms with Crippen LogP contribution in [0.3, 0.4) is 0 Å². The fourth-order valence-corrected chi connectivity index (χ4v) is 3.51. The van der Waals surface area contributed by atoms with E-state index in [0.29, 0.717) is 33.5 Å². The molecule has 0 fully saturated rings. The van der Waals surface area contributed by atoms with Gasteiger partial charge >= 0.3 is 0 Å². The topological polar surface area (TPSA) is 107 Å². The number of nitrogens with one attached hydrogen (secondary N) is 1. The van der Waals surface area contributed by atoms with Crippen LogP contribution in [0, 0.1) is 0 Å². The summed E-state index contributed by atoms with van der Waals surface area (Å²) < 4.78 is 40.9. The van der Waals surface area contributed by atoms with E-state index in [0.717, 1.165) is 10.6 Å². The highest BCUT2D eigenvalue weighted by Crippen LogP contribution is 2.37. The van der Waals surface area contributed by atoms with Crippen LogP contribution in [-0.4, -0.2) is 54.7 Å². The highest BCUT2D eigenvalue weighted by molar-refractivity contribution is 7.92. The third-order valence-electron chi connectivity index (χ3n) is 3.89. The highest BCUT2D eigenvalue weighted by atomic mass is 35.5. The summed E-state index contributed by atoms with van der Waals surface area (Å²) >= 11 is 5.83. The van der Waals surface area contributed by atoms with Crippen molar-refractivity contribution in [3.8, 4) is 17.2 Å². The van der Waals surface area contributed by atoms with Gasteiger partial charge in [0.1, 0.15) is 6.54 Å². The molecular formula is C19H22ClN3O6S. The van der Waals surface area contributed by atoms with E-state index in [-0.39, 0.29) is 0 Å². The van der Waals surface area contributed by atoms with E-state index in [1.807, 2.05) is 0 Å². The van der Waals surface area contributed by atoms with Crippen LogP contribution in [-0.2, 0) is 14.8 Å². The van der Waals surface area contributed by atoms with E-state index in [4.69, 9.17) is 25.8 Å². The van der Waals surface area contributed by atoms with Gasteiger partial charge in [-0.15, -0.1) is 0 Å². The molecule has 30 heavy (non-hydrogen) atoms. The van der Waals surface area contributed by atoms with Gasteiger partial charge in [-0.05, 0) is 36.4 Å². The van der Waals surface area contributed by atoms with Crippen molar-refractivity contribution in [3.05, 3.63) is 47.0 Å². The molecule has 0 saturated heterocycles. The van der Waals surface area contributed by atoms with Crippen LogP contribution in [0.25, 0.3) is 0 Å². The summed E-state index contributed by atoms with van der Waals surface area (Å²) in [5, 5.41) is 4.32. The summed E-state index contributed by atoms with van der Waals surface area (Å²) in [7, 11) is 0.756. The number of hydrogen-bond acceptors (Lipinski definition) is 7. The molecular weight excluding hydrogens is 434 g/mol. The Labute approximate surface area is 180 Å². The number of hydrazone groups is 1. The summed E-state index contributed by atoms with van der Waals surface area (Å²) in [6.07, 6.45) is 2.38. The zero-order valence-electron chi connectivity index (χ0n) is 16.9. The monoisotopic (exact) mass is 455 g/mol. The van der Waals surface area contributed by atoms with Gasteiger partial charge in [0.2, 0.25) is 15.8 Å². The fourth-order valence-electron chi connectivity index (χ4n) is 2.53. The quantitative estimate of drug-likeness (QED) is 0.459. The van der Waals surface area contributed by atoms with E-state index in [1.54, 1.807) is 12.1 Å². The molecule has 2 rings (SSSR count). The molecule has 0 aliphatic rings. The first-order valence-corrected chi connectivity index (χ1v) is 10.8. The number of anilines is 1. The van der Waals surface area contributed by atoms with Crippen molar-refractivity contribution in [3.63, 3.8) is 0 Å². The van der Waals surface area contributed by atoms with Crippen molar-refractivity contribution < 1.29 is 27.4 Å². The van der Waals surface area contributed by atoms with E-state index < -0.39 is 22.5 Å².